The lowest BCUT2D eigenvalue weighted by Gasteiger charge is -2.21. The first kappa shape index (κ1) is 14.7. The average Bonchev–Trinajstić information content (AvgIpc) is 2.78. The Kier molecular flexibility index (Phi) is 5.29. The Hall–Kier alpha value is -1.41. The minimum absolute atomic E-state index is 0.164. The summed E-state index contributed by atoms with van der Waals surface area (Å²) in [7, 11) is 0. The first-order chi connectivity index (χ1) is 8.57. The van der Waals surface area contributed by atoms with E-state index < -0.39 is 5.41 Å². The standard InChI is InChI=1S/C13H19N3OS/c1-4-13(5-2,9-14)12(17)15-7-6-11-16-10(3)8-18-11/h8H,4-7H2,1-3H3,(H,15,17). The Morgan fingerprint density at radius 2 is 2.22 bits per heavy atom. The number of carbonyl (C=O) groups excluding carboxylic acids is 1. The van der Waals surface area contributed by atoms with Crippen LogP contribution < -0.4 is 5.32 Å². The number of nitrogens with zero attached hydrogens (tertiary/aromatic N) is 2. The van der Waals surface area contributed by atoms with Crippen LogP contribution in [0.2, 0.25) is 0 Å². The van der Waals surface area contributed by atoms with Crippen molar-refractivity contribution in [3.05, 3.63) is 16.1 Å². The second-order valence-electron chi connectivity index (χ2n) is 4.29. The molecule has 18 heavy (non-hydrogen) atoms. The van der Waals surface area contributed by atoms with Gasteiger partial charge in [0.05, 0.1) is 11.1 Å². The maximum Gasteiger partial charge on any atom is 0.240 e. The summed E-state index contributed by atoms with van der Waals surface area (Å²) in [6.45, 7) is 6.23. The number of nitriles is 1. The van der Waals surface area contributed by atoms with Crippen molar-refractivity contribution in [1.29, 1.82) is 5.26 Å². The Bertz CT molecular complexity index is 443. The lowest BCUT2D eigenvalue weighted by molar-refractivity contribution is -0.128. The van der Waals surface area contributed by atoms with Crippen molar-refractivity contribution in [3.63, 3.8) is 0 Å². The van der Waals surface area contributed by atoms with Gasteiger partial charge in [-0.1, -0.05) is 13.8 Å². The fourth-order valence-electron chi connectivity index (χ4n) is 1.75. The van der Waals surface area contributed by atoms with E-state index in [1.165, 1.54) is 0 Å². The Balaban J connectivity index is 2.48. The SMILES string of the molecule is CCC(C#N)(CC)C(=O)NCCc1nc(C)cs1. The highest BCUT2D eigenvalue weighted by molar-refractivity contribution is 7.09. The van der Waals surface area contributed by atoms with Crippen LogP contribution in [-0.2, 0) is 11.2 Å². The highest BCUT2D eigenvalue weighted by atomic mass is 32.1. The molecule has 1 amide bonds. The molecular formula is C13H19N3OS. The zero-order valence-corrected chi connectivity index (χ0v) is 11.9. The summed E-state index contributed by atoms with van der Waals surface area (Å²) in [6, 6.07) is 2.14. The molecule has 98 valence electrons. The molecule has 1 aromatic heterocycles. The second-order valence-corrected chi connectivity index (χ2v) is 5.23. The number of amides is 1. The molecule has 0 atom stereocenters. The van der Waals surface area contributed by atoms with E-state index >= 15 is 0 Å². The van der Waals surface area contributed by atoms with Crippen LogP contribution in [0.1, 0.15) is 37.4 Å². The van der Waals surface area contributed by atoms with E-state index in [4.69, 9.17) is 5.26 Å². The number of thiazole rings is 1. The molecule has 1 aromatic rings. The maximum absolute atomic E-state index is 12.0. The van der Waals surface area contributed by atoms with Gasteiger partial charge in [0.2, 0.25) is 5.91 Å². The van der Waals surface area contributed by atoms with E-state index in [9.17, 15) is 4.79 Å². The summed E-state index contributed by atoms with van der Waals surface area (Å²) in [5.41, 5.74) is 0.133. The molecule has 5 heteroatoms. The van der Waals surface area contributed by atoms with Gasteiger partial charge in [0.25, 0.3) is 0 Å². The second kappa shape index (κ2) is 6.50. The van der Waals surface area contributed by atoms with Crippen molar-refractivity contribution >= 4 is 17.2 Å². The van der Waals surface area contributed by atoms with E-state index in [0.717, 1.165) is 17.1 Å². The Labute approximate surface area is 112 Å². The van der Waals surface area contributed by atoms with E-state index in [0.29, 0.717) is 19.4 Å². The molecule has 0 bridgehead atoms. The fourth-order valence-corrected chi connectivity index (χ4v) is 2.53. The van der Waals surface area contributed by atoms with Gasteiger partial charge in [-0.2, -0.15) is 5.26 Å². The molecule has 0 fully saturated rings. The summed E-state index contributed by atoms with van der Waals surface area (Å²) in [6.07, 6.45) is 1.81. The van der Waals surface area contributed by atoms with Gasteiger partial charge >= 0.3 is 0 Å². The zero-order chi connectivity index (χ0) is 13.6. The van der Waals surface area contributed by atoms with Crippen molar-refractivity contribution in [2.75, 3.05) is 6.54 Å². The maximum atomic E-state index is 12.0. The molecule has 4 nitrogen and oxygen atoms in total. The predicted molar refractivity (Wildman–Crippen MR) is 72.2 cm³/mol. The first-order valence-electron chi connectivity index (χ1n) is 6.18. The molecular weight excluding hydrogens is 246 g/mol. The molecule has 0 saturated carbocycles. The lowest BCUT2D eigenvalue weighted by atomic mass is 9.83. The normalized spacial score (nSPS) is 11.0. The smallest absolute Gasteiger partial charge is 0.240 e. The molecule has 1 rings (SSSR count). The third kappa shape index (κ3) is 3.30. The van der Waals surface area contributed by atoms with Gasteiger partial charge in [-0.3, -0.25) is 4.79 Å². The predicted octanol–water partition coefficient (Wildman–Crippen LogP) is 2.44. The highest BCUT2D eigenvalue weighted by Gasteiger charge is 2.34. The molecule has 0 spiro atoms. The molecule has 1 N–H and O–H groups in total. The Morgan fingerprint density at radius 3 is 2.67 bits per heavy atom. The Morgan fingerprint density at radius 1 is 1.56 bits per heavy atom. The van der Waals surface area contributed by atoms with E-state index in [1.54, 1.807) is 11.3 Å². The van der Waals surface area contributed by atoms with Gasteiger partial charge in [0.15, 0.2) is 0 Å². The number of hydrogen-bond donors (Lipinski definition) is 1. The van der Waals surface area contributed by atoms with Crippen LogP contribution in [0.3, 0.4) is 0 Å². The van der Waals surface area contributed by atoms with E-state index in [1.807, 2.05) is 26.2 Å². The average molecular weight is 265 g/mol. The van der Waals surface area contributed by atoms with Crippen molar-refractivity contribution in [1.82, 2.24) is 10.3 Å². The van der Waals surface area contributed by atoms with Gasteiger partial charge in [0.1, 0.15) is 5.41 Å². The van der Waals surface area contributed by atoms with Gasteiger partial charge in [0, 0.05) is 24.0 Å². The third-order valence-corrected chi connectivity index (χ3v) is 4.17. The summed E-state index contributed by atoms with van der Waals surface area (Å²) in [4.78, 5) is 16.3. The van der Waals surface area contributed by atoms with Crippen LogP contribution in [0.25, 0.3) is 0 Å². The quantitative estimate of drug-likeness (QED) is 0.859. The minimum atomic E-state index is -0.876. The summed E-state index contributed by atoms with van der Waals surface area (Å²) >= 11 is 1.60. The number of rotatable bonds is 6. The van der Waals surface area contributed by atoms with Crippen LogP contribution in [0.4, 0.5) is 0 Å². The lowest BCUT2D eigenvalue weighted by Crippen LogP contribution is -2.40. The van der Waals surface area contributed by atoms with Crippen LogP contribution in [-0.4, -0.2) is 17.4 Å². The van der Waals surface area contributed by atoms with Crippen molar-refractivity contribution < 1.29 is 4.79 Å². The molecule has 0 aliphatic heterocycles. The monoisotopic (exact) mass is 265 g/mol. The summed E-state index contributed by atoms with van der Waals surface area (Å²) in [5, 5.41) is 15.0. The van der Waals surface area contributed by atoms with Crippen LogP contribution >= 0.6 is 11.3 Å². The topological polar surface area (TPSA) is 65.8 Å². The minimum Gasteiger partial charge on any atom is -0.354 e. The molecule has 0 unspecified atom stereocenters. The van der Waals surface area contributed by atoms with Gasteiger partial charge in [-0.05, 0) is 19.8 Å². The molecule has 0 saturated heterocycles. The van der Waals surface area contributed by atoms with Crippen LogP contribution in [0.15, 0.2) is 5.38 Å². The molecule has 1 heterocycles. The third-order valence-electron chi connectivity index (χ3n) is 3.15. The number of aromatic nitrogens is 1. The molecule has 0 aliphatic carbocycles. The van der Waals surface area contributed by atoms with Gasteiger partial charge < -0.3 is 5.32 Å². The fraction of sp³-hybridized carbons (Fsp3) is 0.615. The van der Waals surface area contributed by atoms with Crippen LogP contribution in [0, 0.1) is 23.7 Å². The van der Waals surface area contributed by atoms with Gasteiger partial charge in [-0.15, -0.1) is 11.3 Å². The molecule has 0 radical (unpaired) electrons. The van der Waals surface area contributed by atoms with E-state index in [-0.39, 0.29) is 5.91 Å². The number of carbonyl (C=O) groups is 1. The van der Waals surface area contributed by atoms with Crippen molar-refractivity contribution in [3.8, 4) is 6.07 Å². The molecule has 0 aromatic carbocycles. The number of aryl methyl sites for hydroxylation is 1. The van der Waals surface area contributed by atoms with Crippen molar-refractivity contribution in [2.24, 2.45) is 5.41 Å². The summed E-state index contributed by atoms with van der Waals surface area (Å²) < 4.78 is 0. The largest absolute Gasteiger partial charge is 0.354 e. The summed E-state index contributed by atoms with van der Waals surface area (Å²) in [5.74, 6) is -0.164. The van der Waals surface area contributed by atoms with Crippen LogP contribution in [0.5, 0.6) is 0 Å². The molecule has 0 aliphatic rings. The van der Waals surface area contributed by atoms with Gasteiger partial charge in [-0.25, -0.2) is 4.98 Å². The van der Waals surface area contributed by atoms with Crippen molar-refractivity contribution in [2.45, 2.75) is 40.0 Å². The first-order valence-corrected chi connectivity index (χ1v) is 7.06. The number of hydrogen-bond acceptors (Lipinski definition) is 4. The highest BCUT2D eigenvalue weighted by Crippen LogP contribution is 2.25. The zero-order valence-electron chi connectivity index (χ0n) is 11.1. The number of nitrogens with one attached hydrogen (secondary N) is 1. The van der Waals surface area contributed by atoms with E-state index in [2.05, 4.69) is 16.4 Å².